The molecule has 20 heavy (non-hydrogen) atoms. The minimum Gasteiger partial charge on any atom is -0.486 e. The summed E-state index contributed by atoms with van der Waals surface area (Å²) in [6.07, 6.45) is 1.07. The van der Waals surface area contributed by atoms with Crippen molar-refractivity contribution in [2.24, 2.45) is 0 Å². The minimum atomic E-state index is 0.459. The van der Waals surface area contributed by atoms with Crippen LogP contribution >= 0.6 is 0 Å². The fraction of sp³-hybridized carbons (Fsp3) is 0.429. The van der Waals surface area contributed by atoms with Gasteiger partial charge in [-0.05, 0) is 25.1 Å². The summed E-state index contributed by atoms with van der Waals surface area (Å²) in [7, 11) is 0. The van der Waals surface area contributed by atoms with Gasteiger partial charge in [-0.1, -0.05) is 13.0 Å². The largest absolute Gasteiger partial charge is 0.486 e. The van der Waals surface area contributed by atoms with Gasteiger partial charge in [-0.2, -0.15) is 0 Å². The van der Waals surface area contributed by atoms with Crippen LogP contribution in [0, 0.1) is 0 Å². The molecular formula is C14H17N3O3. The summed E-state index contributed by atoms with van der Waals surface area (Å²) in [5, 5.41) is 11.3. The smallest absolute Gasteiger partial charge is 0.251 e. The van der Waals surface area contributed by atoms with Gasteiger partial charge < -0.3 is 19.2 Å². The summed E-state index contributed by atoms with van der Waals surface area (Å²) in [5.41, 5.74) is 0.774. The fourth-order valence-corrected chi connectivity index (χ4v) is 2.05. The van der Waals surface area contributed by atoms with Gasteiger partial charge in [-0.25, -0.2) is 0 Å². The van der Waals surface area contributed by atoms with E-state index in [1.54, 1.807) is 0 Å². The van der Waals surface area contributed by atoms with Gasteiger partial charge in [0.2, 0.25) is 5.89 Å². The summed E-state index contributed by atoms with van der Waals surface area (Å²) in [6, 6.07) is 5.66. The number of nitrogens with zero attached hydrogens (tertiary/aromatic N) is 2. The lowest BCUT2D eigenvalue weighted by atomic mass is 10.2. The van der Waals surface area contributed by atoms with Crippen molar-refractivity contribution < 1.29 is 13.9 Å². The average Bonchev–Trinajstić information content (AvgIpc) is 2.96. The van der Waals surface area contributed by atoms with Crippen LogP contribution in [0.25, 0.3) is 11.5 Å². The molecule has 1 aliphatic rings. The van der Waals surface area contributed by atoms with E-state index in [2.05, 4.69) is 22.4 Å². The highest BCUT2D eigenvalue weighted by molar-refractivity contribution is 5.67. The Morgan fingerprint density at radius 2 is 2.10 bits per heavy atom. The van der Waals surface area contributed by atoms with Crippen LogP contribution in [0.2, 0.25) is 0 Å². The number of rotatable bonds is 5. The van der Waals surface area contributed by atoms with E-state index >= 15 is 0 Å². The molecule has 0 amide bonds. The molecule has 0 spiro atoms. The molecule has 1 aromatic carbocycles. The first kappa shape index (κ1) is 12.9. The molecule has 0 bridgehead atoms. The van der Waals surface area contributed by atoms with Crippen LogP contribution in [0.4, 0.5) is 0 Å². The Kier molecular flexibility index (Phi) is 3.83. The highest BCUT2D eigenvalue weighted by Gasteiger charge is 2.20. The van der Waals surface area contributed by atoms with Gasteiger partial charge in [0.25, 0.3) is 5.89 Å². The minimum absolute atomic E-state index is 0.459. The summed E-state index contributed by atoms with van der Waals surface area (Å²) in [4.78, 5) is 0. The fourth-order valence-electron chi connectivity index (χ4n) is 2.05. The average molecular weight is 275 g/mol. The Labute approximate surface area is 117 Å². The normalized spacial score (nSPS) is 13.4. The molecule has 0 radical (unpaired) electrons. The van der Waals surface area contributed by atoms with Crippen molar-refractivity contribution in [1.29, 1.82) is 0 Å². The lowest BCUT2D eigenvalue weighted by molar-refractivity contribution is 0.172. The molecule has 2 aromatic rings. The predicted octanol–water partition coefficient (Wildman–Crippen LogP) is 2.01. The number of hydrogen-bond acceptors (Lipinski definition) is 6. The molecule has 6 heteroatoms. The monoisotopic (exact) mass is 275 g/mol. The Morgan fingerprint density at radius 1 is 1.20 bits per heavy atom. The zero-order chi connectivity index (χ0) is 13.8. The molecule has 6 nitrogen and oxygen atoms in total. The second-order valence-corrected chi connectivity index (χ2v) is 4.51. The Morgan fingerprint density at radius 3 is 3.00 bits per heavy atom. The first-order valence-corrected chi connectivity index (χ1v) is 6.80. The van der Waals surface area contributed by atoms with Crippen LogP contribution in [-0.4, -0.2) is 30.0 Å². The van der Waals surface area contributed by atoms with Gasteiger partial charge in [0, 0.05) is 0 Å². The lowest BCUT2D eigenvalue weighted by Gasteiger charge is -2.19. The number of benzene rings is 1. The van der Waals surface area contributed by atoms with Crippen LogP contribution < -0.4 is 14.8 Å². The van der Waals surface area contributed by atoms with E-state index in [9.17, 15) is 0 Å². The van der Waals surface area contributed by atoms with E-state index in [0.717, 1.165) is 24.3 Å². The standard InChI is InChI=1S/C14H17N3O3/c1-2-6-15-9-12-16-17-14(20-12)10-4-3-5-11-13(10)19-8-7-18-11/h3-5,15H,2,6-9H2,1H3. The van der Waals surface area contributed by atoms with E-state index < -0.39 is 0 Å². The SMILES string of the molecule is CCCNCc1nnc(-c2cccc3c2OCCO3)o1. The summed E-state index contributed by atoms with van der Waals surface area (Å²) >= 11 is 0. The zero-order valence-corrected chi connectivity index (χ0v) is 11.4. The molecule has 1 aromatic heterocycles. The third-order valence-electron chi connectivity index (χ3n) is 2.97. The second kappa shape index (κ2) is 5.92. The Hall–Kier alpha value is -2.08. The number of para-hydroxylation sites is 1. The van der Waals surface area contributed by atoms with Crippen molar-refractivity contribution in [2.45, 2.75) is 19.9 Å². The number of hydrogen-bond donors (Lipinski definition) is 1. The van der Waals surface area contributed by atoms with E-state index in [4.69, 9.17) is 13.9 Å². The van der Waals surface area contributed by atoms with E-state index in [0.29, 0.717) is 37.3 Å². The molecule has 3 rings (SSSR count). The summed E-state index contributed by atoms with van der Waals surface area (Å²) in [6.45, 7) is 4.71. The lowest BCUT2D eigenvalue weighted by Crippen LogP contribution is -2.15. The molecule has 2 heterocycles. The van der Waals surface area contributed by atoms with Crippen molar-refractivity contribution >= 4 is 0 Å². The highest BCUT2D eigenvalue weighted by atomic mass is 16.6. The molecular weight excluding hydrogens is 258 g/mol. The van der Waals surface area contributed by atoms with Gasteiger partial charge in [-0.3, -0.25) is 0 Å². The molecule has 0 fully saturated rings. The number of fused-ring (bicyclic) bond motifs is 1. The third kappa shape index (κ3) is 2.60. The molecule has 0 saturated carbocycles. The van der Waals surface area contributed by atoms with Crippen LogP contribution in [0.5, 0.6) is 11.5 Å². The van der Waals surface area contributed by atoms with Crippen molar-refractivity contribution in [3.63, 3.8) is 0 Å². The van der Waals surface area contributed by atoms with Gasteiger partial charge in [0.1, 0.15) is 13.2 Å². The van der Waals surface area contributed by atoms with Crippen molar-refractivity contribution in [3.05, 3.63) is 24.1 Å². The topological polar surface area (TPSA) is 69.4 Å². The molecule has 106 valence electrons. The molecule has 0 aliphatic carbocycles. The molecule has 0 unspecified atom stereocenters. The second-order valence-electron chi connectivity index (χ2n) is 4.51. The Balaban J connectivity index is 1.82. The molecule has 0 saturated heterocycles. The Bertz CT molecular complexity index is 583. The van der Waals surface area contributed by atoms with Crippen molar-refractivity contribution in [2.75, 3.05) is 19.8 Å². The van der Waals surface area contributed by atoms with Gasteiger partial charge in [0.15, 0.2) is 11.5 Å². The van der Waals surface area contributed by atoms with Crippen molar-refractivity contribution in [3.8, 4) is 23.0 Å². The van der Waals surface area contributed by atoms with Crippen LogP contribution in [-0.2, 0) is 6.54 Å². The van der Waals surface area contributed by atoms with Crippen LogP contribution in [0.15, 0.2) is 22.6 Å². The highest BCUT2D eigenvalue weighted by Crippen LogP contribution is 2.39. The zero-order valence-electron chi connectivity index (χ0n) is 11.4. The molecule has 1 N–H and O–H groups in total. The predicted molar refractivity (Wildman–Crippen MR) is 72.7 cm³/mol. The van der Waals surface area contributed by atoms with Gasteiger partial charge in [0.05, 0.1) is 12.1 Å². The summed E-state index contributed by atoms with van der Waals surface area (Å²) < 4.78 is 16.9. The van der Waals surface area contributed by atoms with E-state index in [-0.39, 0.29) is 0 Å². The first-order valence-electron chi connectivity index (χ1n) is 6.80. The number of nitrogens with one attached hydrogen (secondary N) is 1. The maximum absolute atomic E-state index is 5.66. The summed E-state index contributed by atoms with van der Waals surface area (Å²) in [5.74, 6) is 2.43. The third-order valence-corrected chi connectivity index (χ3v) is 2.97. The molecule has 1 aliphatic heterocycles. The van der Waals surface area contributed by atoms with Crippen molar-refractivity contribution in [1.82, 2.24) is 15.5 Å². The van der Waals surface area contributed by atoms with Gasteiger partial charge >= 0.3 is 0 Å². The number of ether oxygens (including phenoxy) is 2. The molecule has 0 atom stereocenters. The maximum atomic E-state index is 5.66. The van der Waals surface area contributed by atoms with E-state index in [1.807, 2.05) is 18.2 Å². The quantitative estimate of drug-likeness (QED) is 0.842. The van der Waals surface area contributed by atoms with Crippen LogP contribution in [0.1, 0.15) is 19.2 Å². The van der Waals surface area contributed by atoms with E-state index in [1.165, 1.54) is 0 Å². The maximum Gasteiger partial charge on any atom is 0.251 e. The first-order chi connectivity index (χ1) is 9.88. The van der Waals surface area contributed by atoms with Gasteiger partial charge in [-0.15, -0.1) is 10.2 Å². The van der Waals surface area contributed by atoms with Crippen LogP contribution in [0.3, 0.4) is 0 Å². The number of aromatic nitrogens is 2.